The van der Waals surface area contributed by atoms with E-state index < -0.39 is 0 Å². The van der Waals surface area contributed by atoms with E-state index in [1.165, 1.54) is 75.8 Å². The molecule has 4 aliphatic rings. The lowest BCUT2D eigenvalue weighted by Crippen LogP contribution is -2.44. The largest absolute Gasteiger partial charge is 0.381 e. The van der Waals surface area contributed by atoms with Gasteiger partial charge in [-0.25, -0.2) is 4.98 Å². The van der Waals surface area contributed by atoms with E-state index in [0.29, 0.717) is 6.04 Å². The summed E-state index contributed by atoms with van der Waals surface area (Å²) in [7, 11) is 4.12. The molecule has 1 atom stereocenters. The third-order valence-electron chi connectivity index (χ3n) is 7.55. The highest BCUT2D eigenvalue weighted by Crippen LogP contribution is 2.48. The first-order valence-electron chi connectivity index (χ1n) is 11.3. The van der Waals surface area contributed by atoms with Crippen LogP contribution in [0.4, 0.5) is 11.8 Å². The van der Waals surface area contributed by atoms with Gasteiger partial charge in [0.25, 0.3) is 0 Å². The van der Waals surface area contributed by atoms with Gasteiger partial charge in [-0.2, -0.15) is 4.98 Å². The van der Waals surface area contributed by atoms with Gasteiger partial charge in [0.2, 0.25) is 5.95 Å². The van der Waals surface area contributed by atoms with E-state index in [-0.39, 0.29) is 5.41 Å². The highest BCUT2D eigenvalue weighted by Gasteiger charge is 2.44. The highest BCUT2D eigenvalue weighted by atomic mass is 16.5. The number of anilines is 2. The van der Waals surface area contributed by atoms with Gasteiger partial charge in [-0.1, -0.05) is 0 Å². The van der Waals surface area contributed by atoms with Crippen LogP contribution in [0.25, 0.3) is 0 Å². The molecule has 1 spiro atoms. The Morgan fingerprint density at radius 3 is 2.61 bits per heavy atom. The van der Waals surface area contributed by atoms with Gasteiger partial charge in [-0.15, -0.1) is 0 Å². The molecule has 28 heavy (non-hydrogen) atoms. The minimum absolute atomic E-state index is 0.266. The Hall–Kier alpha value is -1.40. The van der Waals surface area contributed by atoms with Gasteiger partial charge in [0.1, 0.15) is 5.82 Å². The molecule has 2 aliphatic carbocycles. The van der Waals surface area contributed by atoms with E-state index in [4.69, 9.17) is 14.7 Å². The third kappa shape index (κ3) is 3.39. The molecule has 6 nitrogen and oxygen atoms in total. The van der Waals surface area contributed by atoms with Crippen molar-refractivity contribution in [1.82, 2.24) is 14.9 Å². The van der Waals surface area contributed by atoms with Crippen LogP contribution in [0.1, 0.15) is 56.2 Å². The number of nitrogens with one attached hydrogen (secondary N) is 1. The van der Waals surface area contributed by atoms with E-state index in [9.17, 15) is 0 Å². The first-order valence-corrected chi connectivity index (χ1v) is 11.3. The Balaban J connectivity index is 1.36. The van der Waals surface area contributed by atoms with Crippen molar-refractivity contribution in [1.29, 1.82) is 0 Å². The van der Waals surface area contributed by atoms with Crippen LogP contribution >= 0.6 is 0 Å². The molecule has 0 aromatic carbocycles. The van der Waals surface area contributed by atoms with Gasteiger partial charge in [-0.05, 0) is 70.4 Å². The van der Waals surface area contributed by atoms with Crippen LogP contribution in [0.3, 0.4) is 0 Å². The minimum Gasteiger partial charge on any atom is -0.381 e. The quantitative estimate of drug-likeness (QED) is 0.841. The number of hydrogen-bond acceptors (Lipinski definition) is 6. The zero-order valence-corrected chi connectivity index (χ0v) is 17.5. The average Bonchev–Trinajstić information content (AvgIpc) is 3.29. The second-order valence-corrected chi connectivity index (χ2v) is 9.68. The number of ether oxygens (including phenoxy) is 1. The Bertz CT molecular complexity index is 703. The molecular formula is C22H35N5O. The molecule has 2 saturated heterocycles. The molecule has 1 aromatic heterocycles. The molecule has 1 aromatic rings. The van der Waals surface area contributed by atoms with E-state index in [1.807, 2.05) is 0 Å². The number of fused-ring (bicyclic) bond motifs is 2. The molecule has 0 amide bonds. The van der Waals surface area contributed by atoms with Crippen LogP contribution in [0.2, 0.25) is 0 Å². The fourth-order valence-corrected chi connectivity index (χ4v) is 5.44. The lowest BCUT2D eigenvalue weighted by molar-refractivity contribution is 0.126. The summed E-state index contributed by atoms with van der Waals surface area (Å²) < 4.78 is 5.58. The molecule has 5 rings (SSSR count). The van der Waals surface area contributed by atoms with Gasteiger partial charge in [-0.3, -0.25) is 0 Å². The molecule has 0 bridgehead atoms. The van der Waals surface area contributed by atoms with Gasteiger partial charge in [0.15, 0.2) is 0 Å². The van der Waals surface area contributed by atoms with E-state index in [1.54, 1.807) is 0 Å². The van der Waals surface area contributed by atoms with Gasteiger partial charge in [0.05, 0.1) is 12.3 Å². The normalized spacial score (nSPS) is 27.0. The molecule has 1 unspecified atom stereocenters. The fourth-order valence-electron chi connectivity index (χ4n) is 5.44. The fraction of sp³-hybridized carbons (Fsp3) is 0.818. The maximum atomic E-state index is 5.58. The summed E-state index contributed by atoms with van der Waals surface area (Å²) in [6.07, 6.45) is 9.99. The molecule has 0 radical (unpaired) electrons. The molecule has 3 fully saturated rings. The zero-order chi connectivity index (χ0) is 19.1. The van der Waals surface area contributed by atoms with Crippen molar-refractivity contribution in [3.63, 3.8) is 0 Å². The Morgan fingerprint density at radius 2 is 1.96 bits per heavy atom. The number of rotatable bonds is 5. The lowest BCUT2D eigenvalue weighted by Gasteiger charge is -2.40. The van der Waals surface area contributed by atoms with Crippen molar-refractivity contribution in [3.05, 3.63) is 11.3 Å². The molecular weight excluding hydrogens is 350 g/mol. The predicted molar refractivity (Wildman–Crippen MR) is 112 cm³/mol. The molecule has 3 heterocycles. The predicted octanol–water partition coefficient (Wildman–Crippen LogP) is 2.82. The van der Waals surface area contributed by atoms with Crippen LogP contribution in [-0.2, 0) is 16.6 Å². The number of aromatic nitrogens is 2. The minimum atomic E-state index is 0.266. The molecule has 6 heteroatoms. The Kier molecular flexibility index (Phi) is 4.95. The van der Waals surface area contributed by atoms with Crippen LogP contribution in [0.5, 0.6) is 0 Å². The number of hydrogen-bond donors (Lipinski definition) is 1. The summed E-state index contributed by atoms with van der Waals surface area (Å²) in [4.78, 5) is 14.7. The van der Waals surface area contributed by atoms with Gasteiger partial charge in [0, 0.05) is 44.3 Å². The summed E-state index contributed by atoms with van der Waals surface area (Å²) in [6.45, 7) is 5.52. The van der Waals surface area contributed by atoms with Crippen molar-refractivity contribution in [2.45, 2.75) is 62.8 Å². The average molecular weight is 386 g/mol. The van der Waals surface area contributed by atoms with Crippen LogP contribution in [-0.4, -0.2) is 67.9 Å². The second-order valence-electron chi connectivity index (χ2n) is 9.68. The molecule has 1 saturated carbocycles. The van der Waals surface area contributed by atoms with Crippen LogP contribution in [0, 0.1) is 5.92 Å². The van der Waals surface area contributed by atoms with Crippen LogP contribution < -0.4 is 10.2 Å². The standard InChI is InChI=1S/C22H35N5O/c1-26(2)21-24-19-18(20(25-21)23-17-4-3-5-17)6-8-22(19)9-11-27(12-10-22)14-16-7-13-28-15-16/h16-17H,3-15H2,1-2H3,(H,23,24,25). The van der Waals surface area contributed by atoms with Crippen LogP contribution in [0.15, 0.2) is 0 Å². The summed E-state index contributed by atoms with van der Waals surface area (Å²) in [5.41, 5.74) is 3.04. The summed E-state index contributed by atoms with van der Waals surface area (Å²) in [5, 5.41) is 3.75. The molecule has 2 aliphatic heterocycles. The molecule has 1 N–H and O–H groups in total. The topological polar surface area (TPSA) is 53.5 Å². The Morgan fingerprint density at radius 1 is 1.14 bits per heavy atom. The molecule has 154 valence electrons. The van der Waals surface area contributed by atoms with E-state index >= 15 is 0 Å². The second kappa shape index (κ2) is 7.45. The lowest BCUT2D eigenvalue weighted by atomic mass is 9.76. The maximum absolute atomic E-state index is 5.58. The van der Waals surface area contributed by atoms with Crippen molar-refractivity contribution < 1.29 is 4.74 Å². The van der Waals surface area contributed by atoms with Gasteiger partial charge < -0.3 is 19.9 Å². The van der Waals surface area contributed by atoms with E-state index in [0.717, 1.165) is 37.3 Å². The summed E-state index contributed by atoms with van der Waals surface area (Å²) >= 11 is 0. The monoisotopic (exact) mass is 385 g/mol. The van der Waals surface area contributed by atoms with Crippen molar-refractivity contribution >= 4 is 11.8 Å². The van der Waals surface area contributed by atoms with Crippen molar-refractivity contribution in [3.8, 4) is 0 Å². The SMILES string of the molecule is CN(C)c1nc(NC2CCC2)c2c(n1)C1(CC2)CCN(CC2CCOC2)CC1. The van der Waals surface area contributed by atoms with Crippen molar-refractivity contribution in [2.24, 2.45) is 5.92 Å². The smallest absolute Gasteiger partial charge is 0.227 e. The number of nitrogens with zero attached hydrogens (tertiary/aromatic N) is 4. The first kappa shape index (κ1) is 18.6. The summed E-state index contributed by atoms with van der Waals surface area (Å²) in [6, 6.07) is 0.612. The number of likely N-dealkylation sites (tertiary alicyclic amines) is 1. The highest BCUT2D eigenvalue weighted by molar-refractivity contribution is 5.56. The third-order valence-corrected chi connectivity index (χ3v) is 7.55. The number of piperidine rings is 1. The first-order chi connectivity index (χ1) is 13.6. The summed E-state index contributed by atoms with van der Waals surface area (Å²) in [5.74, 6) is 2.74. The maximum Gasteiger partial charge on any atom is 0.227 e. The zero-order valence-electron chi connectivity index (χ0n) is 17.5. The van der Waals surface area contributed by atoms with Crippen molar-refractivity contribution in [2.75, 3.05) is 57.2 Å². The Labute approximate surface area is 169 Å². The van der Waals surface area contributed by atoms with E-state index in [2.05, 4.69) is 29.2 Å². The van der Waals surface area contributed by atoms with Gasteiger partial charge >= 0.3 is 0 Å².